The third-order valence-electron chi connectivity index (χ3n) is 2.12. The molecule has 0 amide bonds. The Morgan fingerprint density at radius 3 is 2.75 bits per heavy atom. The molecule has 5 heteroatoms. The maximum absolute atomic E-state index is 9.96. The number of hydrogen-bond donors (Lipinski definition) is 1. The van der Waals surface area contributed by atoms with Crippen molar-refractivity contribution in [2.24, 2.45) is 0 Å². The second kappa shape index (κ2) is 5.27. The van der Waals surface area contributed by atoms with Gasteiger partial charge in [0.15, 0.2) is 0 Å². The summed E-state index contributed by atoms with van der Waals surface area (Å²) in [6.45, 7) is 0. The number of rotatable bonds is 3. The SMILES string of the molecule is OC(Cc1ccc(Br)s1)c1ccc(Cl)cn1. The third-order valence-corrected chi connectivity index (χ3v) is 3.98. The summed E-state index contributed by atoms with van der Waals surface area (Å²) in [5, 5.41) is 10.5. The summed E-state index contributed by atoms with van der Waals surface area (Å²) in [5.74, 6) is 0. The molecule has 1 unspecified atom stereocenters. The summed E-state index contributed by atoms with van der Waals surface area (Å²) in [4.78, 5) is 5.21. The van der Waals surface area contributed by atoms with E-state index in [1.165, 1.54) is 0 Å². The van der Waals surface area contributed by atoms with Gasteiger partial charge in [-0.15, -0.1) is 11.3 Å². The van der Waals surface area contributed by atoms with Crippen LogP contribution < -0.4 is 0 Å². The highest BCUT2D eigenvalue weighted by Crippen LogP contribution is 2.26. The zero-order valence-corrected chi connectivity index (χ0v) is 11.4. The first-order chi connectivity index (χ1) is 7.65. The number of thiophene rings is 1. The molecule has 0 radical (unpaired) electrons. The highest BCUT2D eigenvalue weighted by atomic mass is 79.9. The highest BCUT2D eigenvalue weighted by molar-refractivity contribution is 9.11. The Hall–Kier alpha value is -0.420. The number of aliphatic hydroxyl groups excluding tert-OH is 1. The molecule has 16 heavy (non-hydrogen) atoms. The lowest BCUT2D eigenvalue weighted by Gasteiger charge is -2.08. The quantitative estimate of drug-likeness (QED) is 0.933. The first-order valence-corrected chi connectivity index (χ1v) is 6.67. The maximum atomic E-state index is 9.96. The van der Waals surface area contributed by atoms with Gasteiger partial charge in [0.1, 0.15) is 6.10 Å². The largest absolute Gasteiger partial charge is 0.386 e. The molecule has 2 rings (SSSR count). The molecule has 2 heterocycles. The molecule has 0 aliphatic carbocycles. The molecule has 2 aromatic heterocycles. The predicted molar refractivity (Wildman–Crippen MR) is 69.9 cm³/mol. The molecule has 1 N–H and O–H groups in total. The standard InChI is InChI=1S/C11H9BrClNOS/c12-11-4-2-8(16-11)5-10(15)9-3-1-7(13)6-14-9/h1-4,6,10,15H,5H2. The van der Waals surface area contributed by atoms with Crippen molar-refractivity contribution in [1.29, 1.82) is 0 Å². The van der Waals surface area contributed by atoms with Crippen LogP contribution in [0.1, 0.15) is 16.7 Å². The van der Waals surface area contributed by atoms with Crippen LogP contribution in [0.4, 0.5) is 0 Å². The topological polar surface area (TPSA) is 33.1 Å². The molecule has 0 aliphatic rings. The van der Waals surface area contributed by atoms with Crippen molar-refractivity contribution in [2.45, 2.75) is 12.5 Å². The smallest absolute Gasteiger partial charge is 0.101 e. The van der Waals surface area contributed by atoms with Crippen LogP contribution >= 0.6 is 38.9 Å². The molecular formula is C11H9BrClNOS. The van der Waals surface area contributed by atoms with Gasteiger partial charge in [-0.05, 0) is 40.2 Å². The summed E-state index contributed by atoms with van der Waals surface area (Å²) in [6.07, 6.45) is 1.54. The normalized spacial score (nSPS) is 12.7. The molecule has 2 aromatic rings. The lowest BCUT2D eigenvalue weighted by Crippen LogP contribution is -2.02. The fourth-order valence-electron chi connectivity index (χ4n) is 1.34. The molecule has 0 fully saturated rings. The Morgan fingerprint density at radius 1 is 1.38 bits per heavy atom. The fraction of sp³-hybridized carbons (Fsp3) is 0.182. The molecule has 0 aliphatic heterocycles. The van der Waals surface area contributed by atoms with E-state index >= 15 is 0 Å². The van der Waals surface area contributed by atoms with E-state index in [4.69, 9.17) is 11.6 Å². The Bertz CT molecular complexity index is 471. The van der Waals surface area contributed by atoms with Crippen LogP contribution in [-0.2, 0) is 6.42 Å². The number of nitrogens with zero attached hydrogens (tertiary/aromatic N) is 1. The highest BCUT2D eigenvalue weighted by Gasteiger charge is 2.11. The van der Waals surface area contributed by atoms with Gasteiger partial charge in [-0.1, -0.05) is 11.6 Å². The van der Waals surface area contributed by atoms with Gasteiger partial charge in [-0.25, -0.2) is 0 Å². The van der Waals surface area contributed by atoms with Crippen LogP contribution in [-0.4, -0.2) is 10.1 Å². The molecule has 2 nitrogen and oxygen atoms in total. The molecule has 0 bridgehead atoms. The molecule has 84 valence electrons. The van der Waals surface area contributed by atoms with Crippen molar-refractivity contribution >= 4 is 38.9 Å². The van der Waals surface area contributed by atoms with Gasteiger partial charge in [-0.3, -0.25) is 4.98 Å². The monoisotopic (exact) mass is 317 g/mol. The minimum Gasteiger partial charge on any atom is -0.386 e. The number of pyridine rings is 1. The Balaban J connectivity index is 2.08. The minimum atomic E-state index is -0.581. The summed E-state index contributed by atoms with van der Waals surface area (Å²) in [5.41, 5.74) is 0.647. The average molecular weight is 319 g/mol. The van der Waals surface area contributed by atoms with Crippen molar-refractivity contribution in [3.8, 4) is 0 Å². The summed E-state index contributed by atoms with van der Waals surface area (Å²) in [7, 11) is 0. The molecule has 0 saturated carbocycles. The van der Waals surface area contributed by atoms with E-state index in [0.29, 0.717) is 17.1 Å². The number of hydrogen-bond acceptors (Lipinski definition) is 3. The van der Waals surface area contributed by atoms with Crippen molar-refractivity contribution in [1.82, 2.24) is 4.98 Å². The number of aromatic nitrogens is 1. The van der Waals surface area contributed by atoms with E-state index in [0.717, 1.165) is 8.66 Å². The van der Waals surface area contributed by atoms with Crippen LogP contribution in [0.2, 0.25) is 5.02 Å². The van der Waals surface area contributed by atoms with Crippen LogP contribution in [0.25, 0.3) is 0 Å². The van der Waals surface area contributed by atoms with Crippen molar-refractivity contribution in [3.05, 3.63) is 49.8 Å². The lowest BCUT2D eigenvalue weighted by atomic mass is 10.1. The van der Waals surface area contributed by atoms with Gasteiger partial charge in [0, 0.05) is 17.5 Å². The van der Waals surface area contributed by atoms with Gasteiger partial charge in [0.05, 0.1) is 14.5 Å². The van der Waals surface area contributed by atoms with E-state index in [2.05, 4.69) is 20.9 Å². The number of halogens is 2. The second-order valence-corrected chi connectivity index (χ2v) is 6.31. The summed E-state index contributed by atoms with van der Waals surface area (Å²) >= 11 is 10.7. The predicted octanol–water partition coefficient (Wildman–Crippen LogP) is 3.84. The van der Waals surface area contributed by atoms with Gasteiger partial charge in [-0.2, -0.15) is 0 Å². The van der Waals surface area contributed by atoms with Gasteiger partial charge in [0.2, 0.25) is 0 Å². The minimum absolute atomic E-state index is 0.574. The summed E-state index contributed by atoms with van der Waals surface area (Å²) < 4.78 is 1.07. The maximum Gasteiger partial charge on any atom is 0.101 e. The Kier molecular flexibility index (Phi) is 3.97. The molecule has 1 atom stereocenters. The van der Waals surface area contributed by atoms with Gasteiger partial charge in [0.25, 0.3) is 0 Å². The van der Waals surface area contributed by atoms with E-state index in [1.807, 2.05) is 12.1 Å². The summed E-state index contributed by atoms with van der Waals surface area (Å²) in [6, 6.07) is 7.45. The molecule has 0 spiro atoms. The molecular weight excluding hydrogens is 310 g/mol. The van der Waals surface area contributed by atoms with E-state index < -0.39 is 6.10 Å². The molecule has 0 aromatic carbocycles. The zero-order chi connectivity index (χ0) is 11.5. The number of aliphatic hydroxyl groups is 1. The van der Waals surface area contributed by atoms with Gasteiger partial charge < -0.3 is 5.11 Å². The van der Waals surface area contributed by atoms with Gasteiger partial charge >= 0.3 is 0 Å². The first kappa shape index (κ1) is 12.0. The van der Waals surface area contributed by atoms with Crippen LogP contribution in [0.15, 0.2) is 34.2 Å². The second-order valence-electron chi connectivity index (χ2n) is 3.33. The van der Waals surface area contributed by atoms with E-state index in [1.54, 1.807) is 29.7 Å². The van der Waals surface area contributed by atoms with Crippen molar-refractivity contribution in [2.75, 3.05) is 0 Å². The Morgan fingerprint density at radius 2 is 2.19 bits per heavy atom. The first-order valence-electron chi connectivity index (χ1n) is 4.69. The molecule has 0 saturated heterocycles. The van der Waals surface area contributed by atoms with Crippen LogP contribution in [0.3, 0.4) is 0 Å². The van der Waals surface area contributed by atoms with Crippen molar-refractivity contribution in [3.63, 3.8) is 0 Å². The van der Waals surface area contributed by atoms with Crippen LogP contribution in [0, 0.1) is 0 Å². The average Bonchev–Trinajstić information content (AvgIpc) is 2.65. The fourth-order valence-corrected chi connectivity index (χ4v) is 2.97. The zero-order valence-electron chi connectivity index (χ0n) is 8.23. The van der Waals surface area contributed by atoms with E-state index in [9.17, 15) is 5.11 Å². The lowest BCUT2D eigenvalue weighted by molar-refractivity contribution is 0.174. The Labute approximate surface area is 111 Å². The van der Waals surface area contributed by atoms with E-state index in [-0.39, 0.29) is 0 Å². The van der Waals surface area contributed by atoms with Crippen molar-refractivity contribution < 1.29 is 5.11 Å². The van der Waals surface area contributed by atoms with Crippen LogP contribution in [0.5, 0.6) is 0 Å². The third kappa shape index (κ3) is 3.04.